The Morgan fingerprint density at radius 1 is 1.04 bits per heavy atom. The van der Waals surface area contributed by atoms with Gasteiger partial charge in [0.05, 0.1) is 5.25 Å². The highest BCUT2D eigenvalue weighted by molar-refractivity contribution is 8.00. The lowest BCUT2D eigenvalue weighted by Crippen LogP contribution is -2.16. The molecule has 0 bridgehead atoms. The SMILES string of the molecule is C[C@@H](Sc1nnc(-c2ccc(F)cc2)n1C)C(=O)c1ccc(C(C)(C)C)cc1. The van der Waals surface area contributed by atoms with Gasteiger partial charge >= 0.3 is 0 Å². The summed E-state index contributed by atoms with van der Waals surface area (Å²) in [4.78, 5) is 12.8. The molecular weight excluding hydrogens is 373 g/mol. The van der Waals surface area contributed by atoms with Crippen LogP contribution in [0.25, 0.3) is 11.4 Å². The second-order valence-corrected chi connectivity index (χ2v) is 9.13. The number of thioether (sulfide) groups is 1. The molecule has 4 nitrogen and oxygen atoms in total. The normalized spacial score (nSPS) is 12.8. The first-order valence-corrected chi connectivity index (χ1v) is 10.0. The van der Waals surface area contributed by atoms with Crippen molar-refractivity contribution >= 4 is 17.5 Å². The number of halogens is 1. The van der Waals surface area contributed by atoms with Crippen LogP contribution in [-0.2, 0) is 12.5 Å². The zero-order chi connectivity index (χ0) is 20.5. The van der Waals surface area contributed by atoms with Crippen LogP contribution in [0.3, 0.4) is 0 Å². The van der Waals surface area contributed by atoms with Gasteiger partial charge in [-0.2, -0.15) is 0 Å². The summed E-state index contributed by atoms with van der Waals surface area (Å²) in [6.07, 6.45) is 0. The Bertz CT molecular complexity index is 973. The van der Waals surface area contributed by atoms with Crippen molar-refractivity contribution in [3.63, 3.8) is 0 Å². The number of Topliss-reactive ketones (excluding diaryl/α,β-unsaturated/α-hetero) is 1. The molecule has 0 radical (unpaired) electrons. The van der Waals surface area contributed by atoms with Gasteiger partial charge in [-0.3, -0.25) is 4.79 Å². The summed E-state index contributed by atoms with van der Waals surface area (Å²) >= 11 is 1.37. The van der Waals surface area contributed by atoms with E-state index in [0.717, 1.165) is 5.56 Å². The first-order chi connectivity index (χ1) is 13.2. The van der Waals surface area contributed by atoms with Gasteiger partial charge in [0.2, 0.25) is 0 Å². The van der Waals surface area contributed by atoms with Gasteiger partial charge in [-0.25, -0.2) is 4.39 Å². The molecule has 0 saturated carbocycles. The molecule has 28 heavy (non-hydrogen) atoms. The summed E-state index contributed by atoms with van der Waals surface area (Å²) < 4.78 is 15.0. The van der Waals surface area contributed by atoms with Crippen LogP contribution in [0, 0.1) is 5.82 Å². The summed E-state index contributed by atoms with van der Waals surface area (Å²) in [7, 11) is 1.84. The molecule has 0 saturated heterocycles. The van der Waals surface area contributed by atoms with E-state index in [1.807, 2.05) is 42.8 Å². The number of carbonyl (C=O) groups excluding carboxylic acids is 1. The molecule has 146 valence electrons. The first kappa shape index (κ1) is 20.3. The van der Waals surface area contributed by atoms with E-state index in [1.165, 1.54) is 29.5 Å². The molecule has 0 fully saturated rings. The van der Waals surface area contributed by atoms with E-state index in [9.17, 15) is 9.18 Å². The number of nitrogens with zero attached hydrogens (tertiary/aromatic N) is 3. The molecule has 0 spiro atoms. The van der Waals surface area contributed by atoms with Gasteiger partial charge in [0.15, 0.2) is 16.8 Å². The highest BCUT2D eigenvalue weighted by Gasteiger charge is 2.21. The van der Waals surface area contributed by atoms with Gasteiger partial charge in [-0.15, -0.1) is 10.2 Å². The number of aromatic nitrogens is 3. The summed E-state index contributed by atoms with van der Waals surface area (Å²) in [6.45, 7) is 8.32. The lowest BCUT2D eigenvalue weighted by molar-refractivity contribution is 0.0994. The minimum Gasteiger partial charge on any atom is -0.305 e. The highest BCUT2D eigenvalue weighted by Crippen LogP contribution is 2.28. The minimum absolute atomic E-state index is 0.0526. The second kappa shape index (κ2) is 7.87. The molecule has 3 aromatic rings. The van der Waals surface area contributed by atoms with E-state index in [2.05, 4.69) is 31.0 Å². The fourth-order valence-electron chi connectivity index (χ4n) is 2.85. The predicted molar refractivity (Wildman–Crippen MR) is 111 cm³/mol. The van der Waals surface area contributed by atoms with Gasteiger partial charge in [-0.05, 0) is 42.2 Å². The molecule has 0 N–H and O–H groups in total. The summed E-state index contributed by atoms with van der Waals surface area (Å²) in [5.74, 6) is 0.394. The minimum atomic E-state index is -0.301. The van der Waals surface area contributed by atoms with Gasteiger partial charge in [-0.1, -0.05) is 56.8 Å². The fraction of sp³-hybridized carbons (Fsp3) is 0.318. The van der Waals surface area contributed by atoms with Crippen LogP contribution in [0.15, 0.2) is 53.7 Å². The molecule has 1 aromatic heterocycles. The molecule has 6 heteroatoms. The smallest absolute Gasteiger partial charge is 0.191 e. The number of carbonyl (C=O) groups is 1. The number of ketones is 1. The Morgan fingerprint density at radius 3 is 2.21 bits per heavy atom. The second-order valence-electron chi connectivity index (χ2n) is 7.82. The lowest BCUT2D eigenvalue weighted by atomic mass is 9.86. The number of hydrogen-bond donors (Lipinski definition) is 0. The highest BCUT2D eigenvalue weighted by atomic mass is 32.2. The molecule has 1 atom stereocenters. The van der Waals surface area contributed by atoms with Crippen LogP contribution in [0.5, 0.6) is 0 Å². The molecular formula is C22H24FN3OS. The average Bonchev–Trinajstić information content (AvgIpc) is 3.01. The number of benzene rings is 2. The maximum atomic E-state index is 13.1. The van der Waals surface area contributed by atoms with E-state index in [1.54, 1.807) is 12.1 Å². The van der Waals surface area contributed by atoms with Crippen molar-refractivity contribution in [2.75, 3.05) is 0 Å². The van der Waals surface area contributed by atoms with Gasteiger partial charge in [0.25, 0.3) is 0 Å². The fourth-order valence-corrected chi connectivity index (χ4v) is 3.74. The van der Waals surface area contributed by atoms with Gasteiger partial charge in [0.1, 0.15) is 5.82 Å². The van der Waals surface area contributed by atoms with Crippen molar-refractivity contribution in [2.24, 2.45) is 7.05 Å². The topological polar surface area (TPSA) is 47.8 Å². The Balaban J connectivity index is 1.75. The predicted octanol–water partition coefficient (Wildman–Crippen LogP) is 5.28. The van der Waals surface area contributed by atoms with Crippen LogP contribution in [0.4, 0.5) is 4.39 Å². The Labute approximate surface area is 169 Å². The maximum absolute atomic E-state index is 13.1. The number of rotatable bonds is 5. The first-order valence-electron chi connectivity index (χ1n) is 9.13. The zero-order valence-electron chi connectivity index (χ0n) is 16.7. The van der Waals surface area contributed by atoms with Crippen molar-refractivity contribution in [3.8, 4) is 11.4 Å². The molecule has 0 aliphatic carbocycles. The third kappa shape index (κ3) is 4.33. The molecule has 0 aliphatic rings. The van der Waals surface area contributed by atoms with E-state index in [4.69, 9.17) is 0 Å². The number of hydrogen-bond acceptors (Lipinski definition) is 4. The summed E-state index contributed by atoms with van der Waals surface area (Å²) in [5, 5.41) is 8.75. The molecule has 0 unspecified atom stereocenters. The summed E-state index contributed by atoms with van der Waals surface area (Å²) in [5.41, 5.74) is 2.72. The van der Waals surface area contributed by atoms with Crippen LogP contribution in [0.2, 0.25) is 0 Å². The van der Waals surface area contributed by atoms with E-state index in [0.29, 0.717) is 16.5 Å². The summed E-state index contributed by atoms with van der Waals surface area (Å²) in [6, 6.07) is 13.9. The maximum Gasteiger partial charge on any atom is 0.191 e. The third-order valence-corrected chi connectivity index (χ3v) is 5.76. The molecule has 3 rings (SSSR count). The largest absolute Gasteiger partial charge is 0.305 e. The Morgan fingerprint density at radius 2 is 1.64 bits per heavy atom. The quantitative estimate of drug-likeness (QED) is 0.434. The van der Waals surface area contributed by atoms with Crippen molar-refractivity contribution < 1.29 is 9.18 Å². The average molecular weight is 398 g/mol. The zero-order valence-corrected chi connectivity index (χ0v) is 17.5. The van der Waals surface area contributed by atoms with Gasteiger partial charge in [0, 0.05) is 18.2 Å². The lowest BCUT2D eigenvalue weighted by Gasteiger charge is -2.19. The Hall–Kier alpha value is -2.47. The van der Waals surface area contributed by atoms with Gasteiger partial charge < -0.3 is 4.57 Å². The van der Waals surface area contributed by atoms with Crippen molar-refractivity contribution in [2.45, 2.75) is 43.5 Å². The van der Waals surface area contributed by atoms with Crippen LogP contribution in [-0.4, -0.2) is 25.8 Å². The molecule has 0 aliphatic heterocycles. The van der Waals surface area contributed by atoms with Crippen LogP contribution >= 0.6 is 11.8 Å². The van der Waals surface area contributed by atoms with Crippen molar-refractivity contribution in [1.29, 1.82) is 0 Å². The molecule has 2 aromatic carbocycles. The molecule has 1 heterocycles. The molecule has 0 amide bonds. The van der Waals surface area contributed by atoms with Crippen molar-refractivity contribution in [1.82, 2.24) is 14.8 Å². The van der Waals surface area contributed by atoms with Crippen LogP contribution in [0.1, 0.15) is 43.6 Å². The van der Waals surface area contributed by atoms with E-state index >= 15 is 0 Å². The standard InChI is InChI=1S/C22H24FN3OS/c1-14(19(27)15-6-10-17(11-7-15)22(2,3)4)28-21-25-24-20(26(21)5)16-8-12-18(23)13-9-16/h6-14H,1-5H3/t14-/m1/s1. The third-order valence-electron chi connectivity index (χ3n) is 4.62. The Kier molecular flexibility index (Phi) is 5.70. The monoisotopic (exact) mass is 397 g/mol. The van der Waals surface area contributed by atoms with Crippen molar-refractivity contribution in [3.05, 3.63) is 65.5 Å². The van der Waals surface area contributed by atoms with Crippen LogP contribution < -0.4 is 0 Å². The van der Waals surface area contributed by atoms with E-state index < -0.39 is 0 Å². The van der Waals surface area contributed by atoms with E-state index in [-0.39, 0.29) is 22.3 Å².